The van der Waals surface area contributed by atoms with Gasteiger partial charge in [-0.15, -0.1) is 0 Å². The lowest BCUT2D eigenvalue weighted by molar-refractivity contribution is 0.0955. The summed E-state index contributed by atoms with van der Waals surface area (Å²) in [5.74, 6) is -0.0480. The lowest BCUT2D eigenvalue weighted by atomic mass is 10.1. The van der Waals surface area contributed by atoms with Gasteiger partial charge in [0.05, 0.1) is 23.1 Å². The summed E-state index contributed by atoms with van der Waals surface area (Å²) in [6.45, 7) is 4.64. The molecule has 2 aromatic rings. The predicted molar refractivity (Wildman–Crippen MR) is 75.6 cm³/mol. The van der Waals surface area contributed by atoms with Crippen molar-refractivity contribution in [2.75, 3.05) is 6.54 Å². The molecule has 1 heterocycles. The van der Waals surface area contributed by atoms with Gasteiger partial charge in [-0.2, -0.15) is 5.10 Å². The van der Waals surface area contributed by atoms with Crippen molar-refractivity contribution in [3.8, 4) is 5.69 Å². The van der Waals surface area contributed by atoms with E-state index in [1.807, 2.05) is 41.9 Å². The van der Waals surface area contributed by atoms with E-state index in [9.17, 15) is 4.79 Å². The average Bonchev–Trinajstić information content (AvgIpc) is 2.84. The van der Waals surface area contributed by atoms with Gasteiger partial charge >= 0.3 is 0 Å². The number of amides is 1. The van der Waals surface area contributed by atoms with E-state index in [1.165, 1.54) is 0 Å². The number of nitrogens with one attached hydrogen (secondary N) is 1. The number of carbonyl (C=O) groups excluding carboxylic acids is 1. The summed E-state index contributed by atoms with van der Waals surface area (Å²) in [7, 11) is 0. The number of aromatic nitrogens is 2. The molecule has 0 saturated heterocycles. The normalized spacial score (nSPS) is 10.4. The van der Waals surface area contributed by atoms with Crippen molar-refractivity contribution in [3.63, 3.8) is 0 Å². The Morgan fingerprint density at radius 3 is 2.63 bits per heavy atom. The molecule has 1 amide bonds. The molecule has 19 heavy (non-hydrogen) atoms. The van der Waals surface area contributed by atoms with Crippen molar-refractivity contribution in [1.82, 2.24) is 15.1 Å². The minimum atomic E-state index is -0.0480. The minimum absolute atomic E-state index is 0.0480. The van der Waals surface area contributed by atoms with Gasteiger partial charge in [-0.25, -0.2) is 4.68 Å². The van der Waals surface area contributed by atoms with Crippen LogP contribution >= 0.6 is 0 Å². The first-order valence-corrected chi connectivity index (χ1v) is 6.68. The second kappa shape index (κ2) is 6.18. The van der Waals surface area contributed by atoms with E-state index >= 15 is 0 Å². The largest absolute Gasteiger partial charge is 0.352 e. The lowest BCUT2D eigenvalue weighted by Crippen LogP contribution is -2.23. The number of carbonyl (C=O) groups is 1. The topological polar surface area (TPSA) is 46.9 Å². The van der Waals surface area contributed by atoms with Gasteiger partial charge in [0, 0.05) is 6.54 Å². The van der Waals surface area contributed by atoms with Crippen LogP contribution in [0.25, 0.3) is 5.69 Å². The number of rotatable bonds is 5. The molecule has 0 saturated carbocycles. The van der Waals surface area contributed by atoms with Crippen LogP contribution in [0.5, 0.6) is 0 Å². The summed E-state index contributed by atoms with van der Waals surface area (Å²) in [6, 6.07) is 9.90. The summed E-state index contributed by atoms with van der Waals surface area (Å²) in [4.78, 5) is 12.0. The zero-order chi connectivity index (χ0) is 13.7. The lowest BCUT2D eigenvalue weighted by Gasteiger charge is -2.08. The van der Waals surface area contributed by atoms with E-state index in [0.29, 0.717) is 12.1 Å². The molecule has 0 spiro atoms. The molecule has 1 aromatic carbocycles. The van der Waals surface area contributed by atoms with E-state index < -0.39 is 0 Å². The summed E-state index contributed by atoms with van der Waals surface area (Å²) >= 11 is 0. The molecular weight excluding hydrogens is 238 g/mol. The maximum absolute atomic E-state index is 12.0. The van der Waals surface area contributed by atoms with Gasteiger partial charge in [0.15, 0.2) is 0 Å². The van der Waals surface area contributed by atoms with Crippen LogP contribution < -0.4 is 5.32 Å². The molecule has 0 bridgehead atoms. The SMILES string of the molecule is CCCc1c(C(=O)NCC)cnn1-c1ccccc1. The van der Waals surface area contributed by atoms with Gasteiger partial charge in [-0.05, 0) is 25.5 Å². The molecule has 2 rings (SSSR count). The number of hydrogen-bond acceptors (Lipinski definition) is 2. The van der Waals surface area contributed by atoms with Gasteiger partial charge < -0.3 is 5.32 Å². The number of hydrogen-bond donors (Lipinski definition) is 1. The molecule has 1 N–H and O–H groups in total. The second-order valence-electron chi connectivity index (χ2n) is 4.36. The van der Waals surface area contributed by atoms with Crippen LogP contribution in [0.15, 0.2) is 36.5 Å². The molecule has 4 nitrogen and oxygen atoms in total. The maximum atomic E-state index is 12.0. The average molecular weight is 257 g/mol. The first-order valence-electron chi connectivity index (χ1n) is 6.68. The van der Waals surface area contributed by atoms with Crippen LogP contribution in [-0.2, 0) is 6.42 Å². The van der Waals surface area contributed by atoms with E-state index in [4.69, 9.17) is 0 Å². The first kappa shape index (κ1) is 13.3. The van der Waals surface area contributed by atoms with E-state index in [2.05, 4.69) is 17.3 Å². The molecule has 0 aliphatic heterocycles. The highest BCUT2D eigenvalue weighted by molar-refractivity contribution is 5.95. The Hall–Kier alpha value is -2.10. The van der Waals surface area contributed by atoms with E-state index in [1.54, 1.807) is 6.20 Å². The summed E-state index contributed by atoms with van der Waals surface area (Å²) < 4.78 is 1.86. The van der Waals surface area contributed by atoms with Crippen LogP contribution in [0.2, 0.25) is 0 Å². The van der Waals surface area contributed by atoms with Crippen molar-refractivity contribution in [2.24, 2.45) is 0 Å². The molecule has 4 heteroatoms. The molecule has 0 aliphatic rings. The van der Waals surface area contributed by atoms with Crippen LogP contribution in [0.1, 0.15) is 36.3 Å². The molecule has 0 fully saturated rings. The summed E-state index contributed by atoms with van der Waals surface area (Å²) in [5, 5.41) is 7.20. The van der Waals surface area contributed by atoms with Crippen LogP contribution in [0.4, 0.5) is 0 Å². The Bertz CT molecular complexity index is 546. The van der Waals surface area contributed by atoms with Gasteiger partial charge in [0.2, 0.25) is 0 Å². The Morgan fingerprint density at radius 1 is 1.26 bits per heavy atom. The Morgan fingerprint density at radius 2 is 2.00 bits per heavy atom. The quantitative estimate of drug-likeness (QED) is 0.895. The van der Waals surface area contributed by atoms with E-state index in [0.717, 1.165) is 24.2 Å². The van der Waals surface area contributed by atoms with Crippen LogP contribution in [0.3, 0.4) is 0 Å². The van der Waals surface area contributed by atoms with Gasteiger partial charge in [-0.3, -0.25) is 4.79 Å². The highest BCUT2D eigenvalue weighted by Gasteiger charge is 2.16. The smallest absolute Gasteiger partial charge is 0.254 e. The first-order chi connectivity index (χ1) is 9.27. The Labute approximate surface area is 113 Å². The Balaban J connectivity index is 2.43. The molecule has 0 unspecified atom stereocenters. The maximum Gasteiger partial charge on any atom is 0.254 e. The van der Waals surface area contributed by atoms with Crippen molar-refractivity contribution in [3.05, 3.63) is 47.8 Å². The highest BCUT2D eigenvalue weighted by atomic mass is 16.1. The van der Waals surface area contributed by atoms with Crippen molar-refractivity contribution < 1.29 is 4.79 Å². The van der Waals surface area contributed by atoms with Gasteiger partial charge in [0.25, 0.3) is 5.91 Å². The Kier molecular flexibility index (Phi) is 4.34. The molecule has 100 valence electrons. The molecular formula is C15H19N3O. The zero-order valence-corrected chi connectivity index (χ0v) is 11.4. The zero-order valence-electron chi connectivity index (χ0n) is 11.4. The third-order valence-electron chi connectivity index (χ3n) is 2.94. The summed E-state index contributed by atoms with van der Waals surface area (Å²) in [6.07, 6.45) is 3.47. The van der Waals surface area contributed by atoms with Crippen molar-refractivity contribution in [2.45, 2.75) is 26.7 Å². The fraction of sp³-hybridized carbons (Fsp3) is 0.333. The molecule has 1 aromatic heterocycles. The van der Waals surface area contributed by atoms with Crippen molar-refractivity contribution in [1.29, 1.82) is 0 Å². The van der Waals surface area contributed by atoms with Crippen molar-refractivity contribution >= 4 is 5.91 Å². The molecule has 0 aliphatic carbocycles. The van der Waals surface area contributed by atoms with Crippen LogP contribution in [-0.4, -0.2) is 22.2 Å². The second-order valence-corrected chi connectivity index (χ2v) is 4.36. The number of benzene rings is 1. The van der Waals surface area contributed by atoms with Gasteiger partial charge in [-0.1, -0.05) is 31.5 Å². The monoisotopic (exact) mass is 257 g/mol. The third kappa shape index (κ3) is 2.84. The number of para-hydroxylation sites is 1. The minimum Gasteiger partial charge on any atom is -0.352 e. The number of nitrogens with zero attached hydrogens (tertiary/aromatic N) is 2. The molecule has 0 atom stereocenters. The van der Waals surface area contributed by atoms with Crippen LogP contribution in [0, 0.1) is 0 Å². The predicted octanol–water partition coefficient (Wildman–Crippen LogP) is 2.57. The highest BCUT2D eigenvalue weighted by Crippen LogP contribution is 2.16. The van der Waals surface area contributed by atoms with E-state index in [-0.39, 0.29) is 5.91 Å². The summed E-state index contributed by atoms with van der Waals surface area (Å²) in [5.41, 5.74) is 2.63. The fourth-order valence-corrected chi connectivity index (χ4v) is 2.09. The standard InChI is InChI=1S/C15H19N3O/c1-3-8-14-13(15(19)16-4-2)11-17-18(14)12-9-6-5-7-10-12/h5-7,9-11H,3-4,8H2,1-2H3,(H,16,19). The fourth-order valence-electron chi connectivity index (χ4n) is 2.09. The third-order valence-corrected chi connectivity index (χ3v) is 2.94. The van der Waals surface area contributed by atoms with Gasteiger partial charge in [0.1, 0.15) is 0 Å². The molecule has 0 radical (unpaired) electrons.